The number of hydrogen-bond donors (Lipinski definition) is 1. The van der Waals surface area contributed by atoms with Gasteiger partial charge in [0.15, 0.2) is 17.1 Å². The molecule has 0 atom stereocenters. The van der Waals surface area contributed by atoms with Crippen LogP contribution in [0, 0.1) is 17.2 Å². The van der Waals surface area contributed by atoms with E-state index in [1.54, 1.807) is 13.0 Å². The first-order chi connectivity index (χ1) is 18.5. The number of aromatic nitrogens is 2. The number of alkyl halides is 6. The van der Waals surface area contributed by atoms with Crippen LogP contribution in [0.15, 0.2) is 18.2 Å². The van der Waals surface area contributed by atoms with Crippen LogP contribution in [-0.2, 0) is 22.7 Å². The summed E-state index contributed by atoms with van der Waals surface area (Å²) < 4.78 is 106. The summed E-state index contributed by atoms with van der Waals surface area (Å²) in [5.74, 6) is -1.53. The Morgan fingerprint density at radius 1 is 1.18 bits per heavy atom. The minimum Gasteiger partial charge on any atom is -0.404 e. The van der Waals surface area contributed by atoms with Crippen LogP contribution >= 0.6 is 0 Å². The minimum absolute atomic E-state index is 0.00347. The molecule has 1 aromatic heterocycles. The van der Waals surface area contributed by atoms with Gasteiger partial charge < -0.3 is 10.1 Å². The van der Waals surface area contributed by atoms with E-state index in [9.17, 15) is 44.8 Å². The Morgan fingerprint density at radius 3 is 2.35 bits per heavy atom. The number of carbonyl (C=O) groups excluding carboxylic acids is 1. The molecule has 3 rings (SSSR count). The van der Waals surface area contributed by atoms with Gasteiger partial charge in [-0.2, -0.15) is 18.4 Å². The number of halogens is 6. The smallest absolute Gasteiger partial charge is 0.404 e. The molecule has 1 amide bonds. The first-order valence-electron chi connectivity index (χ1n) is 12.5. The van der Waals surface area contributed by atoms with Crippen LogP contribution in [-0.4, -0.2) is 54.5 Å². The van der Waals surface area contributed by atoms with Crippen LogP contribution < -0.4 is 10.1 Å². The molecule has 220 valence electrons. The molecule has 0 aliphatic heterocycles. The highest BCUT2D eigenvalue weighted by Crippen LogP contribution is 2.34. The van der Waals surface area contributed by atoms with Crippen LogP contribution in [0.2, 0.25) is 0 Å². The van der Waals surface area contributed by atoms with Crippen LogP contribution in [0.5, 0.6) is 5.75 Å². The van der Waals surface area contributed by atoms with Crippen molar-refractivity contribution < 1.29 is 44.3 Å². The van der Waals surface area contributed by atoms with Gasteiger partial charge in [-0.15, -0.1) is 13.2 Å². The van der Waals surface area contributed by atoms with Crippen molar-refractivity contribution >= 4 is 15.7 Å². The molecule has 1 heterocycles. The maximum Gasteiger partial charge on any atom is 0.573 e. The van der Waals surface area contributed by atoms with Crippen molar-refractivity contribution in [1.82, 2.24) is 14.9 Å². The minimum atomic E-state index is -5.19. The molecule has 1 N–H and O–H groups in total. The zero-order valence-electron chi connectivity index (χ0n) is 21.7. The van der Waals surface area contributed by atoms with Gasteiger partial charge in [0, 0.05) is 25.6 Å². The highest BCUT2D eigenvalue weighted by Gasteiger charge is 2.34. The van der Waals surface area contributed by atoms with E-state index in [1.807, 2.05) is 0 Å². The summed E-state index contributed by atoms with van der Waals surface area (Å²) in [5, 5.41) is 12.1. The van der Waals surface area contributed by atoms with Crippen molar-refractivity contribution in [1.29, 1.82) is 5.26 Å². The van der Waals surface area contributed by atoms with E-state index in [-0.39, 0.29) is 47.3 Å². The fourth-order valence-electron chi connectivity index (χ4n) is 4.70. The molecule has 15 heteroatoms. The SMILES string of the molecule is CCc1nc(C(=O)NC[C@H]2CC[C@H](S(C)(=O)=O)CC2)c(C#N)n1-c1ccc(CCC(F)(F)F)cc1OC(F)(F)F. The summed E-state index contributed by atoms with van der Waals surface area (Å²) in [6.07, 6.45) is -8.23. The number of rotatable bonds is 9. The number of nitrogens with zero attached hydrogens (tertiary/aromatic N) is 3. The van der Waals surface area contributed by atoms with E-state index in [2.05, 4.69) is 15.0 Å². The van der Waals surface area contributed by atoms with Gasteiger partial charge in [-0.05, 0) is 55.7 Å². The third-order valence-electron chi connectivity index (χ3n) is 6.72. The predicted molar refractivity (Wildman–Crippen MR) is 132 cm³/mol. The number of benzene rings is 1. The van der Waals surface area contributed by atoms with Gasteiger partial charge >= 0.3 is 12.5 Å². The van der Waals surface area contributed by atoms with Crippen LogP contribution in [0.1, 0.15) is 66.6 Å². The molecule has 2 aromatic rings. The molecule has 0 saturated heterocycles. The van der Waals surface area contributed by atoms with Crippen molar-refractivity contribution in [2.75, 3.05) is 12.8 Å². The molecule has 1 aromatic carbocycles. The fraction of sp³-hybridized carbons (Fsp3) is 0.560. The van der Waals surface area contributed by atoms with Crippen molar-refractivity contribution in [2.45, 2.75) is 69.7 Å². The lowest BCUT2D eigenvalue weighted by atomic mass is 9.89. The second-order valence-electron chi connectivity index (χ2n) is 9.67. The predicted octanol–water partition coefficient (Wildman–Crippen LogP) is 5.03. The highest BCUT2D eigenvalue weighted by molar-refractivity contribution is 7.91. The van der Waals surface area contributed by atoms with Gasteiger partial charge in [-0.1, -0.05) is 13.0 Å². The lowest BCUT2D eigenvalue weighted by Gasteiger charge is -2.27. The molecule has 0 unspecified atom stereocenters. The summed E-state index contributed by atoms with van der Waals surface area (Å²) in [6.45, 7) is 1.79. The summed E-state index contributed by atoms with van der Waals surface area (Å²) in [4.78, 5) is 17.2. The number of imidazole rings is 1. The number of carbonyl (C=O) groups is 1. The van der Waals surface area contributed by atoms with E-state index in [1.165, 1.54) is 12.3 Å². The van der Waals surface area contributed by atoms with Crippen molar-refractivity contribution in [3.8, 4) is 17.5 Å². The number of aryl methyl sites for hydroxylation is 2. The molecule has 1 saturated carbocycles. The molecule has 1 aliphatic carbocycles. The second-order valence-corrected chi connectivity index (χ2v) is 12.0. The number of nitrogens with one attached hydrogen (secondary N) is 1. The highest BCUT2D eigenvalue weighted by atomic mass is 32.2. The Labute approximate surface area is 227 Å². The van der Waals surface area contributed by atoms with Crippen molar-refractivity contribution in [2.24, 2.45) is 5.92 Å². The van der Waals surface area contributed by atoms with Gasteiger partial charge in [-0.25, -0.2) is 13.4 Å². The first kappa shape index (κ1) is 31.3. The molecule has 1 aliphatic rings. The van der Waals surface area contributed by atoms with Crippen LogP contribution in [0.3, 0.4) is 0 Å². The normalized spacial score (nSPS) is 18.3. The monoisotopic (exact) mass is 594 g/mol. The number of amides is 1. The Hall–Kier alpha value is -3.28. The Kier molecular flexibility index (Phi) is 9.43. The van der Waals surface area contributed by atoms with Gasteiger partial charge in [0.2, 0.25) is 0 Å². The molecule has 8 nitrogen and oxygen atoms in total. The van der Waals surface area contributed by atoms with Crippen LogP contribution in [0.25, 0.3) is 5.69 Å². The van der Waals surface area contributed by atoms with E-state index < -0.39 is 52.1 Å². The molecular formula is C25H28F6N4O4S. The lowest BCUT2D eigenvalue weighted by molar-refractivity contribution is -0.274. The summed E-state index contributed by atoms with van der Waals surface area (Å²) in [7, 11) is -3.16. The first-order valence-corrected chi connectivity index (χ1v) is 14.4. The zero-order chi connectivity index (χ0) is 29.9. The summed E-state index contributed by atoms with van der Waals surface area (Å²) >= 11 is 0. The zero-order valence-corrected chi connectivity index (χ0v) is 22.5. The second kappa shape index (κ2) is 12.1. The maximum absolute atomic E-state index is 13.2. The lowest BCUT2D eigenvalue weighted by Crippen LogP contribution is -2.34. The van der Waals surface area contributed by atoms with Crippen molar-refractivity contribution in [3.05, 3.63) is 41.0 Å². The van der Waals surface area contributed by atoms with Crippen LogP contribution in [0.4, 0.5) is 26.3 Å². The number of ether oxygens (including phenoxy) is 1. The third kappa shape index (κ3) is 8.12. The summed E-state index contributed by atoms with van der Waals surface area (Å²) in [6, 6.07) is 4.90. The van der Waals surface area contributed by atoms with E-state index in [4.69, 9.17) is 0 Å². The summed E-state index contributed by atoms with van der Waals surface area (Å²) in [5.41, 5.74) is -1.08. The molecule has 0 bridgehead atoms. The third-order valence-corrected chi connectivity index (χ3v) is 8.41. The average molecular weight is 595 g/mol. The Morgan fingerprint density at radius 2 is 1.82 bits per heavy atom. The Balaban J connectivity index is 1.90. The van der Waals surface area contributed by atoms with Gasteiger partial charge in [0.25, 0.3) is 5.91 Å². The van der Waals surface area contributed by atoms with Gasteiger partial charge in [-0.3, -0.25) is 9.36 Å². The topological polar surface area (TPSA) is 114 Å². The number of hydrogen-bond acceptors (Lipinski definition) is 6. The standard InChI is InChI=1S/C25H28F6N4O4S/c1-3-21-34-22(23(36)33-14-16-4-7-17(8-5-16)40(2,37)38)19(13-32)35(21)18-9-6-15(10-11-24(26,27)28)12-20(18)39-25(29,30)31/h6,9,12,16-17H,3-5,7-8,10-11,14H2,1-2H3,(H,33,36)/t16-,17-. The molecule has 40 heavy (non-hydrogen) atoms. The van der Waals surface area contributed by atoms with E-state index in [0.29, 0.717) is 25.7 Å². The molecular weight excluding hydrogens is 566 g/mol. The number of nitriles is 1. The van der Waals surface area contributed by atoms with Gasteiger partial charge in [0.05, 0.1) is 10.9 Å². The largest absolute Gasteiger partial charge is 0.573 e. The Bertz CT molecular complexity index is 1370. The average Bonchev–Trinajstić information content (AvgIpc) is 3.23. The van der Waals surface area contributed by atoms with E-state index in [0.717, 1.165) is 16.7 Å². The quantitative estimate of drug-likeness (QED) is 0.408. The van der Waals surface area contributed by atoms with E-state index >= 15 is 0 Å². The van der Waals surface area contributed by atoms with Gasteiger partial charge in [0.1, 0.15) is 21.7 Å². The number of sulfone groups is 1. The fourth-order valence-corrected chi connectivity index (χ4v) is 5.83. The molecule has 0 spiro atoms. The molecule has 1 fully saturated rings. The van der Waals surface area contributed by atoms with Crippen molar-refractivity contribution in [3.63, 3.8) is 0 Å². The maximum atomic E-state index is 13.2. The molecule has 0 radical (unpaired) electrons.